The predicted molar refractivity (Wildman–Crippen MR) is 175 cm³/mol. The number of nitriles is 1. The lowest BCUT2D eigenvalue weighted by molar-refractivity contribution is -0.136. The number of allylic oxidation sites excluding steroid dienone is 1. The Kier molecular flexibility index (Phi) is 9.53. The standard InChI is InChI=1S/C38H38N2O6/c1-6-42-34-19-26(11-18-32(34)44-22-25-9-7-24(2)8-10-25)36-30-17-16-29(20-33(30)46-37(40)31(36)21-39)45-35(41)23-43-28-14-12-27(13-15-28)38(3,4)5/h7-20,36H,6,22-23,40H2,1-5H3. The summed E-state index contributed by atoms with van der Waals surface area (Å²) in [7, 11) is 0. The summed E-state index contributed by atoms with van der Waals surface area (Å²) in [4.78, 5) is 12.6. The summed E-state index contributed by atoms with van der Waals surface area (Å²) in [5.74, 6) is 1.21. The van der Waals surface area contributed by atoms with Crippen molar-refractivity contribution in [3.8, 4) is 34.8 Å². The lowest BCUT2D eigenvalue weighted by Gasteiger charge is -2.27. The Morgan fingerprint density at radius 1 is 0.891 bits per heavy atom. The Morgan fingerprint density at radius 3 is 2.28 bits per heavy atom. The Morgan fingerprint density at radius 2 is 1.61 bits per heavy atom. The Labute approximate surface area is 269 Å². The number of fused-ring (bicyclic) bond motifs is 1. The van der Waals surface area contributed by atoms with Gasteiger partial charge in [0.2, 0.25) is 5.88 Å². The number of benzene rings is 4. The molecule has 236 valence electrons. The molecule has 4 aromatic carbocycles. The van der Waals surface area contributed by atoms with Crippen LogP contribution in [0.4, 0.5) is 0 Å². The third-order valence-corrected chi connectivity index (χ3v) is 7.62. The van der Waals surface area contributed by atoms with Gasteiger partial charge in [-0.2, -0.15) is 5.26 Å². The topological polar surface area (TPSA) is 113 Å². The monoisotopic (exact) mass is 618 g/mol. The lowest BCUT2D eigenvalue weighted by atomic mass is 9.83. The number of ether oxygens (including phenoxy) is 5. The Bertz CT molecular complexity index is 1780. The minimum absolute atomic E-state index is 0.0168. The first kappa shape index (κ1) is 32.0. The van der Waals surface area contributed by atoms with Crippen LogP contribution in [0, 0.1) is 18.3 Å². The molecule has 0 spiro atoms. The SMILES string of the molecule is CCOc1cc(C2C(C#N)=C(N)Oc3cc(OC(=O)COc4ccc(C(C)(C)C)cc4)ccc32)ccc1OCc1ccc(C)cc1. The quantitative estimate of drug-likeness (QED) is 0.144. The fraction of sp³-hybridized carbons (Fsp3) is 0.263. The van der Waals surface area contributed by atoms with Crippen LogP contribution in [-0.2, 0) is 16.8 Å². The molecule has 0 saturated heterocycles. The molecule has 0 radical (unpaired) electrons. The van der Waals surface area contributed by atoms with Gasteiger partial charge < -0.3 is 29.4 Å². The molecule has 1 heterocycles. The van der Waals surface area contributed by atoms with Crippen LogP contribution in [0.1, 0.15) is 61.4 Å². The minimum Gasteiger partial charge on any atom is -0.490 e. The first-order chi connectivity index (χ1) is 22.0. The lowest BCUT2D eigenvalue weighted by Crippen LogP contribution is -2.22. The number of carbonyl (C=O) groups excluding carboxylic acids is 1. The summed E-state index contributed by atoms with van der Waals surface area (Å²) >= 11 is 0. The second-order valence-electron chi connectivity index (χ2n) is 12.1. The van der Waals surface area contributed by atoms with Gasteiger partial charge >= 0.3 is 5.97 Å². The first-order valence-electron chi connectivity index (χ1n) is 15.2. The summed E-state index contributed by atoms with van der Waals surface area (Å²) in [5, 5.41) is 10.1. The van der Waals surface area contributed by atoms with Crippen LogP contribution in [0.5, 0.6) is 28.7 Å². The molecule has 46 heavy (non-hydrogen) atoms. The van der Waals surface area contributed by atoms with E-state index in [1.165, 1.54) is 11.1 Å². The van der Waals surface area contributed by atoms with Gasteiger partial charge in [-0.15, -0.1) is 0 Å². The highest BCUT2D eigenvalue weighted by molar-refractivity contribution is 5.74. The number of rotatable bonds is 10. The molecule has 0 fully saturated rings. The summed E-state index contributed by atoms with van der Waals surface area (Å²) in [5.41, 5.74) is 11.4. The van der Waals surface area contributed by atoms with Gasteiger partial charge in [0.25, 0.3) is 0 Å². The van der Waals surface area contributed by atoms with Gasteiger partial charge in [-0.1, -0.05) is 74.9 Å². The van der Waals surface area contributed by atoms with Crippen LogP contribution >= 0.6 is 0 Å². The zero-order valence-electron chi connectivity index (χ0n) is 26.8. The van der Waals surface area contributed by atoms with Crippen molar-refractivity contribution < 1.29 is 28.5 Å². The van der Waals surface area contributed by atoms with Crippen LogP contribution < -0.4 is 29.4 Å². The molecule has 5 rings (SSSR count). The van der Waals surface area contributed by atoms with Crippen LogP contribution in [0.2, 0.25) is 0 Å². The van der Waals surface area contributed by atoms with Crippen LogP contribution in [0.25, 0.3) is 0 Å². The first-order valence-corrected chi connectivity index (χ1v) is 15.2. The molecule has 2 N–H and O–H groups in total. The van der Waals surface area contributed by atoms with E-state index in [4.69, 9.17) is 29.4 Å². The van der Waals surface area contributed by atoms with Crippen molar-refractivity contribution in [1.82, 2.24) is 0 Å². The molecular weight excluding hydrogens is 580 g/mol. The van der Waals surface area contributed by atoms with E-state index in [0.29, 0.717) is 41.8 Å². The van der Waals surface area contributed by atoms with Crippen molar-refractivity contribution in [1.29, 1.82) is 5.26 Å². The number of nitrogens with zero attached hydrogens (tertiary/aromatic N) is 1. The molecule has 0 aromatic heterocycles. The van der Waals surface area contributed by atoms with E-state index < -0.39 is 11.9 Å². The predicted octanol–water partition coefficient (Wildman–Crippen LogP) is 7.47. The summed E-state index contributed by atoms with van der Waals surface area (Å²) in [6, 6.07) is 28.6. The smallest absolute Gasteiger partial charge is 0.349 e. The van der Waals surface area contributed by atoms with Gasteiger partial charge in [-0.05, 0) is 66.3 Å². The van der Waals surface area contributed by atoms with Crippen molar-refractivity contribution in [3.05, 3.63) is 124 Å². The third kappa shape index (κ3) is 7.44. The highest BCUT2D eigenvalue weighted by atomic mass is 16.6. The Balaban J connectivity index is 1.33. The van der Waals surface area contributed by atoms with Crippen molar-refractivity contribution in [2.45, 2.75) is 52.6 Å². The average molecular weight is 619 g/mol. The van der Waals surface area contributed by atoms with Gasteiger partial charge in [0.15, 0.2) is 18.1 Å². The molecular formula is C38H38N2O6. The molecule has 0 bridgehead atoms. The maximum atomic E-state index is 12.6. The molecule has 1 aliphatic heterocycles. The fourth-order valence-corrected chi connectivity index (χ4v) is 5.13. The van der Waals surface area contributed by atoms with Gasteiger partial charge in [0, 0.05) is 11.6 Å². The summed E-state index contributed by atoms with van der Waals surface area (Å²) < 4.78 is 29.1. The van der Waals surface area contributed by atoms with E-state index in [-0.39, 0.29) is 29.2 Å². The Hall–Kier alpha value is -5.42. The molecule has 0 amide bonds. The van der Waals surface area contributed by atoms with E-state index in [1.54, 1.807) is 18.2 Å². The average Bonchev–Trinajstić information content (AvgIpc) is 3.03. The molecule has 1 aliphatic rings. The van der Waals surface area contributed by atoms with E-state index in [9.17, 15) is 10.1 Å². The van der Waals surface area contributed by atoms with Crippen molar-refractivity contribution in [2.75, 3.05) is 13.2 Å². The van der Waals surface area contributed by atoms with Crippen molar-refractivity contribution in [2.24, 2.45) is 5.73 Å². The van der Waals surface area contributed by atoms with Gasteiger partial charge in [-0.3, -0.25) is 0 Å². The molecule has 4 aromatic rings. The molecule has 1 atom stereocenters. The highest BCUT2D eigenvalue weighted by Crippen LogP contribution is 2.45. The van der Waals surface area contributed by atoms with E-state index in [2.05, 4.69) is 26.8 Å². The van der Waals surface area contributed by atoms with Gasteiger partial charge in [0.05, 0.1) is 12.5 Å². The second-order valence-corrected chi connectivity index (χ2v) is 12.1. The molecule has 8 heteroatoms. The molecule has 8 nitrogen and oxygen atoms in total. The molecule has 0 aliphatic carbocycles. The summed E-state index contributed by atoms with van der Waals surface area (Å²) in [6.45, 7) is 10.9. The molecule has 1 unspecified atom stereocenters. The third-order valence-electron chi connectivity index (χ3n) is 7.62. The highest BCUT2D eigenvalue weighted by Gasteiger charge is 2.32. The van der Waals surface area contributed by atoms with E-state index in [1.807, 2.05) is 80.6 Å². The number of aryl methyl sites for hydroxylation is 1. The van der Waals surface area contributed by atoms with Crippen LogP contribution in [0.3, 0.4) is 0 Å². The second kappa shape index (κ2) is 13.7. The largest absolute Gasteiger partial charge is 0.490 e. The minimum atomic E-state index is -0.573. The number of esters is 1. The van der Waals surface area contributed by atoms with Crippen LogP contribution in [-0.4, -0.2) is 19.2 Å². The number of hydrogen-bond donors (Lipinski definition) is 1. The van der Waals surface area contributed by atoms with Gasteiger partial charge in [0.1, 0.15) is 35.5 Å². The van der Waals surface area contributed by atoms with Crippen molar-refractivity contribution in [3.63, 3.8) is 0 Å². The van der Waals surface area contributed by atoms with Crippen LogP contribution in [0.15, 0.2) is 96.4 Å². The van der Waals surface area contributed by atoms with E-state index >= 15 is 0 Å². The maximum absolute atomic E-state index is 12.6. The zero-order valence-corrected chi connectivity index (χ0v) is 26.8. The maximum Gasteiger partial charge on any atom is 0.349 e. The normalized spacial score (nSPS) is 14.0. The van der Waals surface area contributed by atoms with Gasteiger partial charge in [-0.25, -0.2) is 4.79 Å². The summed E-state index contributed by atoms with van der Waals surface area (Å²) in [6.07, 6.45) is 0. The number of nitrogens with two attached hydrogens (primary N) is 1. The zero-order chi connectivity index (χ0) is 32.8. The van der Waals surface area contributed by atoms with E-state index in [0.717, 1.165) is 11.1 Å². The molecule has 0 saturated carbocycles. The number of carbonyl (C=O) groups is 1. The fourth-order valence-electron chi connectivity index (χ4n) is 5.13. The number of hydrogen-bond acceptors (Lipinski definition) is 8. The van der Waals surface area contributed by atoms with Crippen molar-refractivity contribution >= 4 is 5.97 Å².